The highest BCUT2D eigenvalue weighted by Crippen LogP contribution is 2.25. The van der Waals surface area contributed by atoms with Crippen molar-refractivity contribution in [2.75, 3.05) is 31.5 Å². The maximum Gasteiger partial charge on any atom is 0.417 e. The molecule has 0 atom stereocenters. The molecular weight excluding hydrogens is 446 g/mol. The number of nitrogens with zero attached hydrogens (tertiary/aromatic N) is 4. The number of anilines is 1. The van der Waals surface area contributed by atoms with Gasteiger partial charge in [-0.1, -0.05) is 6.58 Å². The van der Waals surface area contributed by atoms with Crippen molar-refractivity contribution in [2.24, 2.45) is 5.92 Å². The van der Waals surface area contributed by atoms with Crippen LogP contribution in [0.5, 0.6) is 5.75 Å². The van der Waals surface area contributed by atoms with Crippen molar-refractivity contribution in [3.05, 3.63) is 60.8 Å². The van der Waals surface area contributed by atoms with Crippen molar-refractivity contribution in [1.82, 2.24) is 19.8 Å². The van der Waals surface area contributed by atoms with E-state index < -0.39 is 6.09 Å². The van der Waals surface area contributed by atoms with Crippen LogP contribution in [0.4, 0.5) is 10.6 Å². The van der Waals surface area contributed by atoms with Crippen LogP contribution in [-0.2, 0) is 16.1 Å². The SMILES string of the molecule is C=C(C)OC(=O)Nc1cc(CN2CCC(C(=O)N3CCC(Oc4cccnc4)CC3)CC2)ccn1. The Morgan fingerprint density at radius 1 is 1.11 bits per heavy atom. The predicted octanol–water partition coefficient (Wildman–Crippen LogP) is 3.84. The fourth-order valence-corrected chi connectivity index (χ4v) is 4.59. The van der Waals surface area contributed by atoms with Gasteiger partial charge in [-0.15, -0.1) is 0 Å². The Labute approximate surface area is 206 Å². The van der Waals surface area contributed by atoms with Crippen LogP contribution >= 0.6 is 0 Å². The van der Waals surface area contributed by atoms with Crippen molar-refractivity contribution in [3.63, 3.8) is 0 Å². The number of pyridine rings is 2. The summed E-state index contributed by atoms with van der Waals surface area (Å²) < 4.78 is 10.9. The number of allylic oxidation sites excluding steroid dienone is 1. The largest absolute Gasteiger partial charge is 0.489 e. The number of rotatable bonds is 7. The quantitative estimate of drug-likeness (QED) is 0.603. The van der Waals surface area contributed by atoms with Crippen LogP contribution in [0.25, 0.3) is 0 Å². The van der Waals surface area contributed by atoms with Gasteiger partial charge in [-0.2, -0.15) is 0 Å². The molecule has 0 spiro atoms. The van der Waals surface area contributed by atoms with E-state index in [9.17, 15) is 9.59 Å². The van der Waals surface area contributed by atoms with E-state index in [1.807, 2.05) is 29.2 Å². The minimum atomic E-state index is -0.603. The van der Waals surface area contributed by atoms with E-state index in [-0.39, 0.29) is 17.9 Å². The molecule has 9 nitrogen and oxygen atoms in total. The molecule has 35 heavy (non-hydrogen) atoms. The number of carbonyl (C=O) groups is 2. The summed E-state index contributed by atoms with van der Waals surface area (Å²) in [6, 6.07) is 7.56. The summed E-state index contributed by atoms with van der Waals surface area (Å²) >= 11 is 0. The lowest BCUT2D eigenvalue weighted by Crippen LogP contribution is -2.46. The lowest BCUT2D eigenvalue weighted by atomic mass is 9.94. The molecule has 9 heteroatoms. The van der Waals surface area contributed by atoms with Crippen LogP contribution in [0, 0.1) is 5.92 Å². The van der Waals surface area contributed by atoms with Gasteiger partial charge < -0.3 is 14.4 Å². The fraction of sp³-hybridized carbons (Fsp3) is 0.462. The highest BCUT2D eigenvalue weighted by Gasteiger charge is 2.31. The van der Waals surface area contributed by atoms with E-state index in [1.54, 1.807) is 25.5 Å². The molecule has 2 aliphatic rings. The molecule has 0 saturated carbocycles. The summed E-state index contributed by atoms with van der Waals surface area (Å²) in [7, 11) is 0. The summed E-state index contributed by atoms with van der Waals surface area (Å²) in [5.74, 6) is 1.89. The lowest BCUT2D eigenvalue weighted by Gasteiger charge is -2.37. The van der Waals surface area contributed by atoms with Gasteiger partial charge >= 0.3 is 6.09 Å². The van der Waals surface area contributed by atoms with E-state index >= 15 is 0 Å². The first kappa shape index (κ1) is 24.7. The number of aromatic nitrogens is 2. The number of carbonyl (C=O) groups excluding carboxylic acids is 2. The van der Waals surface area contributed by atoms with Crippen LogP contribution in [0.3, 0.4) is 0 Å². The minimum absolute atomic E-state index is 0.0774. The average molecular weight is 480 g/mol. The average Bonchev–Trinajstić information content (AvgIpc) is 2.85. The monoisotopic (exact) mass is 479 g/mol. The molecule has 0 aliphatic carbocycles. The molecule has 4 rings (SSSR count). The topological polar surface area (TPSA) is 96.9 Å². The first-order valence-corrected chi connectivity index (χ1v) is 12.1. The molecule has 186 valence electrons. The molecular formula is C26H33N5O4. The number of likely N-dealkylation sites (tertiary alicyclic amines) is 2. The molecule has 2 saturated heterocycles. The zero-order valence-corrected chi connectivity index (χ0v) is 20.2. The first-order chi connectivity index (χ1) is 17.0. The smallest absolute Gasteiger partial charge is 0.417 e. The number of hydrogen-bond donors (Lipinski definition) is 1. The summed E-state index contributed by atoms with van der Waals surface area (Å²) in [5, 5.41) is 2.61. The Balaban J connectivity index is 1.20. The van der Waals surface area contributed by atoms with Gasteiger partial charge in [0.05, 0.1) is 12.0 Å². The molecule has 0 bridgehead atoms. The molecule has 2 aromatic heterocycles. The summed E-state index contributed by atoms with van der Waals surface area (Å²) in [4.78, 5) is 37.5. The third-order valence-corrected chi connectivity index (χ3v) is 6.36. The second kappa shape index (κ2) is 11.8. The first-order valence-electron chi connectivity index (χ1n) is 12.1. The third kappa shape index (κ3) is 7.26. The minimum Gasteiger partial charge on any atom is -0.489 e. The Hall–Kier alpha value is -3.46. The predicted molar refractivity (Wildman–Crippen MR) is 132 cm³/mol. The number of hydrogen-bond acceptors (Lipinski definition) is 7. The van der Waals surface area contributed by atoms with Crippen molar-refractivity contribution >= 4 is 17.8 Å². The van der Waals surface area contributed by atoms with Crippen molar-refractivity contribution in [3.8, 4) is 5.75 Å². The second-order valence-electron chi connectivity index (χ2n) is 9.15. The maximum atomic E-state index is 13.1. The molecule has 1 N–H and O–H groups in total. The van der Waals surface area contributed by atoms with Crippen LogP contribution in [0.15, 0.2) is 55.2 Å². The zero-order valence-electron chi connectivity index (χ0n) is 20.2. The Morgan fingerprint density at radius 2 is 1.89 bits per heavy atom. The van der Waals surface area contributed by atoms with Crippen LogP contribution in [-0.4, -0.2) is 64.1 Å². The summed E-state index contributed by atoms with van der Waals surface area (Å²) in [6.07, 6.45) is 8.06. The normalized spacial score (nSPS) is 17.6. The molecule has 0 aromatic carbocycles. The Morgan fingerprint density at radius 3 is 2.57 bits per heavy atom. The van der Waals surface area contributed by atoms with Gasteiger partial charge in [0.15, 0.2) is 0 Å². The van der Waals surface area contributed by atoms with Crippen LogP contribution in [0.2, 0.25) is 0 Å². The molecule has 0 radical (unpaired) electrons. The van der Waals surface area contributed by atoms with Crippen LogP contribution in [0.1, 0.15) is 38.2 Å². The highest BCUT2D eigenvalue weighted by molar-refractivity contribution is 5.84. The van der Waals surface area contributed by atoms with Gasteiger partial charge in [0.2, 0.25) is 5.91 Å². The number of nitrogens with one attached hydrogen (secondary N) is 1. The number of piperidine rings is 2. The number of ether oxygens (including phenoxy) is 2. The highest BCUT2D eigenvalue weighted by atomic mass is 16.6. The maximum absolute atomic E-state index is 13.1. The Bertz CT molecular complexity index is 1020. The van der Waals surface area contributed by atoms with Gasteiger partial charge in [0.1, 0.15) is 17.7 Å². The van der Waals surface area contributed by atoms with E-state index in [4.69, 9.17) is 9.47 Å². The van der Waals surface area contributed by atoms with Gasteiger partial charge in [-0.3, -0.25) is 20.0 Å². The molecule has 4 heterocycles. The van der Waals surface area contributed by atoms with Gasteiger partial charge in [-0.25, -0.2) is 9.78 Å². The fourth-order valence-electron chi connectivity index (χ4n) is 4.59. The summed E-state index contributed by atoms with van der Waals surface area (Å²) in [5.41, 5.74) is 1.05. The third-order valence-electron chi connectivity index (χ3n) is 6.36. The van der Waals surface area contributed by atoms with E-state index in [1.165, 1.54) is 0 Å². The molecule has 2 fully saturated rings. The summed E-state index contributed by atoms with van der Waals surface area (Å²) in [6.45, 7) is 9.11. The lowest BCUT2D eigenvalue weighted by molar-refractivity contribution is -0.139. The van der Waals surface area contributed by atoms with Gasteiger partial charge in [0.25, 0.3) is 0 Å². The van der Waals surface area contributed by atoms with Crippen LogP contribution < -0.4 is 10.1 Å². The molecule has 2 aromatic rings. The zero-order chi connectivity index (χ0) is 24.6. The van der Waals surface area contributed by atoms with Crippen molar-refractivity contribution in [1.29, 1.82) is 0 Å². The molecule has 2 amide bonds. The van der Waals surface area contributed by atoms with E-state index in [0.29, 0.717) is 11.6 Å². The standard InChI is InChI=1S/C26H33N5O4/c1-19(2)34-26(33)29-24-16-20(5-11-28-24)18-30-12-6-21(7-13-30)25(32)31-14-8-22(9-15-31)35-23-4-3-10-27-17-23/h3-5,10-11,16-17,21-22H,1,6-9,12-15,18H2,2H3,(H,28,29,33). The van der Waals surface area contributed by atoms with E-state index in [2.05, 4.69) is 26.8 Å². The van der Waals surface area contributed by atoms with E-state index in [0.717, 1.165) is 69.7 Å². The molecule has 2 aliphatic heterocycles. The Kier molecular flexibility index (Phi) is 8.31. The van der Waals surface area contributed by atoms with Gasteiger partial charge in [-0.05, 0) is 62.7 Å². The van der Waals surface area contributed by atoms with Gasteiger partial charge in [0, 0.05) is 50.8 Å². The molecule has 0 unspecified atom stereocenters. The number of amides is 2. The second-order valence-corrected chi connectivity index (χ2v) is 9.15. The van der Waals surface area contributed by atoms with Crippen molar-refractivity contribution < 1.29 is 19.1 Å². The van der Waals surface area contributed by atoms with Crippen molar-refractivity contribution in [2.45, 2.75) is 45.3 Å².